The Morgan fingerprint density at radius 1 is 1.04 bits per heavy atom. The lowest BCUT2D eigenvalue weighted by atomic mass is 10.1. The summed E-state index contributed by atoms with van der Waals surface area (Å²) >= 11 is 0. The van der Waals surface area contributed by atoms with E-state index in [0.717, 1.165) is 49.5 Å². The van der Waals surface area contributed by atoms with Gasteiger partial charge in [0.15, 0.2) is 5.96 Å². The fourth-order valence-electron chi connectivity index (χ4n) is 3.99. The maximum Gasteiger partial charge on any atom is 0.490 e. The number of guanidine groups is 1. The molecule has 2 heterocycles. The molecule has 45 heavy (non-hydrogen) atoms. The number of aliphatic imine (C=N–C) groups is 1. The highest BCUT2D eigenvalue weighted by molar-refractivity contribution is 6.06. The van der Waals surface area contributed by atoms with Crippen molar-refractivity contribution < 1.29 is 47.3 Å². The Labute approximate surface area is 254 Å². The number of nitrogens with zero attached hydrogens (tertiary/aromatic N) is 3. The minimum Gasteiger partial charge on any atom is -0.480 e. The Balaban J connectivity index is 0.000000707. The molecule has 0 spiro atoms. The van der Waals surface area contributed by atoms with E-state index in [1.807, 2.05) is 16.8 Å². The standard InChI is InChI=1S/C26H31N7O5.C2HF3O2/c34-23(30-16-21(24(35)36)32-26(37)38-17-18-7-2-1-3-8-18)19-9-6-10-22-20(19)15-31-33(22)14-5-4-11-27-25-28-12-13-29-25;3-2(4,5)1(6)7/h1-3,6-10,15,21H,4-5,11-14,16-17H2,(H,30,34)(H,32,37)(H,35,36)(H2,27,28,29);(H,6,7)/t21-;/m0./s1. The number of amides is 2. The van der Waals surface area contributed by atoms with Gasteiger partial charge in [0.25, 0.3) is 5.91 Å². The summed E-state index contributed by atoms with van der Waals surface area (Å²) in [6, 6.07) is 13.0. The molecule has 0 radical (unpaired) electrons. The van der Waals surface area contributed by atoms with Crippen LogP contribution in [-0.4, -0.2) is 88.3 Å². The minimum atomic E-state index is -5.08. The molecule has 3 aromatic rings. The molecule has 0 saturated heterocycles. The third kappa shape index (κ3) is 11.0. The van der Waals surface area contributed by atoms with Gasteiger partial charge < -0.3 is 36.2 Å². The highest BCUT2D eigenvalue weighted by Gasteiger charge is 2.38. The molecule has 0 unspecified atom stereocenters. The smallest absolute Gasteiger partial charge is 0.480 e. The van der Waals surface area contributed by atoms with Crippen molar-refractivity contribution in [1.29, 1.82) is 0 Å². The number of alkyl carbamates (subject to hydrolysis) is 1. The van der Waals surface area contributed by atoms with Gasteiger partial charge in [-0.3, -0.25) is 14.5 Å². The van der Waals surface area contributed by atoms with E-state index in [4.69, 9.17) is 14.6 Å². The summed E-state index contributed by atoms with van der Waals surface area (Å²) in [7, 11) is 0. The van der Waals surface area contributed by atoms with Crippen molar-refractivity contribution in [2.24, 2.45) is 4.99 Å². The van der Waals surface area contributed by atoms with Crippen molar-refractivity contribution in [3.8, 4) is 0 Å². The lowest BCUT2D eigenvalue weighted by molar-refractivity contribution is -0.192. The average Bonchev–Trinajstić information content (AvgIpc) is 3.68. The topological polar surface area (TPSA) is 196 Å². The number of carbonyl (C=O) groups excluding carboxylic acids is 2. The van der Waals surface area contributed by atoms with Crippen LogP contribution in [0.5, 0.6) is 0 Å². The first-order valence-electron chi connectivity index (χ1n) is 13.7. The lowest BCUT2D eigenvalue weighted by Crippen LogP contribution is -2.48. The first-order valence-corrected chi connectivity index (χ1v) is 13.7. The molecular formula is C28H32F3N7O7. The predicted molar refractivity (Wildman–Crippen MR) is 154 cm³/mol. The normalized spacial score (nSPS) is 13.0. The highest BCUT2D eigenvalue weighted by atomic mass is 19.4. The summed E-state index contributed by atoms with van der Waals surface area (Å²) in [4.78, 5) is 49.8. The van der Waals surface area contributed by atoms with Crippen molar-refractivity contribution in [2.75, 3.05) is 26.2 Å². The number of carbonyl (C=O) groups is 4. The van der Waals surface area contributed by atoms with E-state index in [1.54, 1.807) is 42.6 Å². The molecule has 4 rings (SSSR count). The molecule has 1 aliphatic heterocycles. The van der Waals surface area contributed by atoms with Crippen LogP contribution in [-0.2, 0) is 27.5 Å². The van der Waals surface area contributed by atoms with Gasteiger partial charge in [-0.05, 0) is 30.5 Å². The number of hydrogen-bond donors (Lipinski definition) is 6. The van der Waals surface area contributed by atoms with Crippen LogP contribution in [0.4, 0.5) is 18.0 Å². The molecule has 6 N–H and O–H groups in total. The van der Waals surface area contributed by atoms with Crippen LogP contribution in [0.25, 0.3) is 10.9 Å². The molecular weight excluding hydrogens is 603 g/mol. The number of nitrogens with one attached hydrogen (secondary N) is 4. The number of carboxylic acids is 2. The van der Waals surface area contributed by atoms with Crippen molar-refractivity contribution in [2.45, 2.75) is 38.2 Å². The molecule has 242 valence electrons. The molecule has 0 bridgehead atoms. The van der Waals surface area contributed by atoms with Crippen molar-refractivity contribution in [3.05, 3.63) is 65.9 Å². The number of rotatable bonds is 12. The highest BCUT2D eigenvalue weighted by Crippen LogP contribution is 2.19. The molecule has 14 nitrogen and oxygen atoms in total. The lowest BCUT2D eigenvalue weighted by Gasteiger charge is -2.15. The number of ether oxygens (including phenoxy) is 1. The number of alkyl halides is 3. The van der Waals surface area contributed by atoms with Crippen molar-refractivity contribution in [1.82, 2.24) is 31.0 Å². The molecule has 17 heteroatoms. The monoisotopic (exact) mass is 635 g/mol. The SMILES string of the molecule is O=C(N[C@@H](CNC(=O)c1cccc2c1cnn2CCCCNC1=NCCN1)C(=O)O)OCc1ccccc1.O=C(O)C(F)(F)F. The second-order valence-corrected chi connectivity index (χ2v) is 9.51. The average molecular weight is 636 g/mol. The molecule has 0 aliphatic carbocycles. The zero-order chi connectivity index (χ0) is 32.8. The molecule has 2 aromatic carbocycles. The Kier molecular flexibility index (Phi) is 12.5. The molecule has 1 aliphatic rings. The van der Waals surface area contributed by atoms with Gasteiger partial charge in [-0.1, -0.05) is 36.4 Å². The molecule has 1 aromatic heterocycles. The Bertz CT molecular complexity index is 1500. The van der Waals surface area contributed by atoms with Crippen LogP contribution in [0, 0.1) is 0 Å². The number of aryl methyl sites for hydroxylation is 1. The summed E-state index contributed by atoms with van der Waals surface area (Å²) in [6.45, 7) is 2.84. The van der Waals surface area contributed by atoms with E-state index < -0.39 is 36.2 Å². The molecule has 2 amide bonds. The predicted octanol–water partition coefficient (Wildman–Crippen LogP) is 2.11. The Hall–Kier alpha value is -5.35. The third-order valence-electron chi connectivity index (χ3n) is 6.21. The summed E-state index contributed by atoms with van der Waals surface area (Å²) in [5, 5.41) is 33.0. The number of halogens is 3. The van der Waals surface area contributed by atoms with E-state index in [0.29, 0.717) is 17.5 Å². The fourth-order valence-corrected chi connectivity index (χ4v) is 3.99. The van der Waals surface area contributed by atoms with Gasteiger partial charge in [-0.2, -0.15) is 18.3 Å². The number of carboxylic acid groups (broad SMARTS) is 2. The number of unbranched alkanes of at least 4 members (excludes halogenated alkanes) is 1. The summed E-state index contributed by atoms with van der Waals surface area (Å²) < 4.78 is 38.7. The number of fused-ring (bicyclic) bond motifs is 1. The fraction of sp³-hybridized carbons (Fsp3) is 0.357. The second-order valence-electron chi connectivity index (χ2n) is 9.51. The molecule has 0 saturated carbocycles. The maximum atomic E-state index is 12.9. The third-order valence-corrected chi connectivity index (χ3v) is 6.21. The molecule has 1 atom stereocenters. The van der Waals surface area contributed by atoms with Gasteiger partial charge in [-0.15, -0.1) is 0 Å². The zero-order valence-electron chi connectivity index (χ0n) is 23.8. The number of hydrogen-bond acceptors (Lipinski definition) is 9. The number of aliphatic carboxylic acids is 2. The largest absolute Gasteiger partial charge is 0.490 e. The van der Waals surface area contributed by atoms with Crippen LogP contribution < -0.4 is 21.3 Å². The van der Waals surface area contributed by atoms with Gasteiger partial charge in [0, 0.05) is 31.6 Å². The van der Waals surface area contributed by atoms with Crippen molar-refractivity contribution in [3.63, 3.8) is 0 Å². The number of benzene rings is 2. The summed E-state index contributed by atoms with van der Waals surface area (Å²) in [6.07, 6.45) is -2.52. The van der Waals surface area contributed by atoms with E-state index in [2.05, 4.69) is 31.4 Å². The van der Waals surface area contributed by atoms with E-state index in [9.17, 15) is 32.7 Å². The van der Waals surface area contributed by atoms with E-state index in [1.165, 1.54) is 0 Å². The minimum absolute atomic E-state index is 0.000368. The van der Waals surface area contributed by atoms with Crippen molar-refractivity contribution >= 4 is 40.8 Å². The summed E-state index contributed by atoms with van der Waals surface area (Å²) in [5.74, 6) is -3.67. The quantitative estimate of drug-likeness (QED) is 0.160. The number of aromatic nitrogens is 2. The first-order chi connectivity index (χ1) is 21.5. The van der Waals surface area contributed by atoms with Gasteiger partial charge in [0.2, 0.25) is 0 Å². The van der Waals surface area contributed by atoms with Crippen LogP contribution >= 0.6 is 0 Å². The first kappa shape index (κ1) is 34.1. The van der Waals surface area contributed by atoms with Crippen LogP contribution in [0.2, 0.25) is 0 Å². The Morgan fingerprint density at radius 3 is 2.42 bits per heavy atom. The van der Waals surface area contributed by atoms with E-state index in [-0.39, 0.29) is 13.2 Å². The van der Waals surface area contributed by atoms with Crippen LogP contribution in [0.3, 0.4) is 0 Å². The zero-order valence-corrected chi connectivity index (χ0v) is 23.8. The summed E-state index contributed by atoms with van der Waals surface area (Å²) in [5.41, 5.74) is 1.95. The van der Waals surface area contributed by atoms with Gasteiger partial charge >= 0.3 is 24.2 Å². The van der Waals surface area contributed by atoms with Gasteiger partial charge in [0.1, 0.15) is 12.6 Å². The maximum absolute atomic E-state index is 12.9. The van der Waals surface area contributed by atoms with Gasteiger partial charge in [0.05, 0.1) is 23.8 Å². The van der Waals surface area contributed by atoms with Crippen LogP contribution in [0.1, 0.15) is 28.8 Å². The van der Waals surface area contributed by atoms with Gasteiger partial charge in [-0.25, -0.2) is 14.4 Å². The Morgan fingerprint density at radius 2 is 1.78 bits per heavy atom. The molecule has 0 fully saturated rings. The van der Waals surface area contributed by atoms with E-state index >= 15 is 0 Å². The van der Waals surface area contributed by atoms with Crippen LogP contribution in [0.15, 0.2) is 59.7 Å². The second kappa shape index (κ2) is 16.5.